The number of amides is 2. The summed E-state index contributed by atoms with van der Waals surface area (Å²) in [6, 6.07) is 18.6. The van der Waals surface area contributed by atoms with Gasteiger partial charge in [0.05, 0.1) is 5.56 Å². The molecule has 0 fully saturated rings. The van der Waals surface area contributed by atoms with Crippen molar-refractivity contribution in [3.05, 3.63) is 82.0 Å². The second-order valence-electron chi connectivity index (χ2n) is 5.48. The fraction of sp³-hybridized carbons (Fsp3) is 0.100. The molecule has 3 rings (SSSR count). The molecule has 1 aromatic heterocycles. The Morgan fingerprint density at radius 3 is 2.62 bits per heavy atom. The van der Waals surface area contributed by atoms with Gasteiger partial charge in [0.2, 0.25) is 0 Å². The van der Waals surface area contributed by atoms with E-state index < -0.39 is 0 Å². The summed E-state index contributed by atoms with van der Waals surface area (Å²) < 4.78 is 0. The molecule has 2 N–H and O–H groups in total. The van der Waals surface area contributed by atoms with Crippen LogP contribution in [0.5, 0.6) is 0 Å². The van der Waals surface area contributed by atoms with Crippen molar-refractivity contribution in [1.82, 2.24) is 5.32 Å². The maximum Gasteiger partial charge on any atom is 0.256 e. The summed E-state index contributed by atoms with van der Waals surface area (Å²) in [7, 11) is 1.58. The van der Waals surface area contributed by atoms with Gasteiger partial charge < -0.3 is 10.6 Å². The minimum Gasteiger partial charge on any atom is -0.355 e. The molecule has 2 amide bonds. The van der Waals surface area contributed by atoms with E-state index in [1.165, 1.54) is 4.88 Å². The molecule has 0 bridgehead atoms. The first-order valence-electron chi connectivity index (χ1n) is 8.05. The Morgan fingerprint density at radius 2 is 1.85 bits per heavy atom. The van der Waals surface area contributed by atoms with Gasteiger partial charge in [-0.25, -0.2) is 0 Å². The lowest BCUT2D eigenvalue weighted by molar-refractivity contribution is 0.0961. The minimum atomic E-state index is -0.187. The predicted octanol–water partition coefficient (Wildman–Crippen LogP) is 4.65. The zero-order valence-electron chi connectivity index (χ0n) is 14.2. The first-order chi connectivity index (χ1) is 12.7. The number of benzene rings is 2. The molecule has 0 aliphatic carbocycles. The molecule has 0 unspecified atom stereocenters. The van der Waals surface area contributed by atoms with Gasteiger partial charge in [0, 0.05) is 33.8 Å². The van der Waals surface area contributed by atoms with E-state index in [4.69, 9.17) is 0 Å². The second-order valence-corrected chi connectivity index (χ2v) is 7.53. The van der Waals surface area contributed by atoms with Crippen molar-refractivity contribution in [3.63, 3.8) is 0 Å². The maximum atomic E-state index is 12.7. The second kappa shape index (κ2) is 8.69. The number of thioether (sulfide) groups is 1. The molecule has 0 radical (unpaired) electrons. The molecule has 0 atom stereocenters. The van der Waals surface area contributed by atoms with Crippen LogP contribution in [0.2, 0.25) is 0 Å². The molecular formula is C20H18N2O2S2. The molecular weight excluding hydrogens is 364 g/mol. The lowest BCUT2D eigenvalue weighted by Gasteiger charge is -2.10. The van der Waals surface area contributed by atoms with E-state index in [2.05, 4.69) is 16.7 Å². The largest absolute Gasteiger partial charge is 0.355 e. The maximum absolute atomic E-state index is 12.7. The summed E-state index contributed by atoms with van der Waals surface area (Å²) in [4.78, 5) is 26.7. The van der Waals surface area contributed by atoms with Gasteiger partial charge in [-0.15, -0.1) is 23.1 Å². The summed E-state index contributed by atoms with van der Waals surface area (Å²) in [5, 5.41) is 7.51. The highest BCUT2D eigenvalue weighted by Gasteiger charge is 2.13. The van der Waals surface area contributed by atoms with Crippen molar-refractivity contribution in [3.8, 4) is 0 Å². The van der Waals surface area contributed by atoms with Crippen LogP contribution in [0.25, 0.3) is 0 Å². The zero-order chi connectivity index (χ0) is 18.4. The molecule has 0 aliphatic rings. The monoisotopic (exact) mass is 382 g/mol. The zero-order valence-corrected chi connectivity index (χ0v) is 15.8. The summed E-state index contributed by atoms with van der Waals surface area (Å²) >= 11 is 3.35. The van der Waals surface area contributed by atoms with Crippen LogP contribution in [0, 0.1) is 0 Å². The topological polar surface area (TPSA) is 58.2 Å². The van der Waals surface area contributed by atoms with Gasteiger partial charge in [-0.05, 0) is 41.8 Å². The number of anilines is 1. The number of thiophene rings is 1. The van der Waals surface area contributed by atoms with E-state index in [9.17, 15) is 9.59 Å². The van der Waals surface area contributed by atoms with Gasteiger partial charge in [0.15, 0.2) is 0 Å². The van der Waals surface area contributed by atoms with Crippen LogP contribution in [-0.2, 0) is 5.75 Å². The van der Waals surface area contributed by atoms with Crippen LogP contribution >= 0.6 is 23.1 Å². The van der Waals surface area contributed by atoms with Crippen LogP contribution < -0.4 is 10.6 Å². The first kappa shape index (κ1) is 18.2. The van der Waals surface area contributed by atoms with Crippen LogP contribution in [0.4, 0.5) is 5.69 Å². The van der Waals surface area contributed by atoms with Crippen molar-refractivity contribution < 1.29 is 9.59 Å². The molecule has 0 spiro atoms. The molecule has 3 aromatic rings. The number of carbonyl (C=O) groups excluding carboxylic acids is 2. The van der Waals surface area contributed by atoms with Crippen molar-refractivity contribution >= 4 is 40.6 Å². The highest BCUT2D eigenvalue weighted by molar-refractivity contribution is 7.98. The highest BCUT2D eigenvalue weighted by Crippen LogP contribution is 2.28. The smallest absolute Gasteiger partial charge is 0.256 e. The van der Waals surface area contributed by atoms with Gasteiger partial charge in [0.1, 0.15) is 0 Å². The van der Waals surface area contributed by atoms with Crippen molar-refractivity contribution in [2.45, 2.75) is 10.6 Å². The van der Waals surface area contributed by atoms with Crippen LogP contribution in [-0.4, -0.2) is 18.9 Å². The highest BCUT2D eigenvalue weighted by atomic mass is 32.2. The number of rotatable bonds is 6. The Balaban J connectivity index is 1.75. The molecule has 26 heavy (non-hydrogen) atoms. The average Bonchev–Trinajstić information content (AvgIpc) is 3.19. The molecule has 0 saturated heterocycles. The third kappa shape index (κ3) is 4.53. The van der Waals surface area contributed by atoms with E-state index in [1.54, 1.807) is 54.4 Å². The van der Waals surface area contributed by atoms with Crippen molar-refractivity contribution in [1.29, 1.82) is 0 Å². The standard InChI is InChI=1S/C20H18N2O2S2/c1-21-19(23)14-6-4-7-15(12-14)22-20(24)17-9-2-3-10-18(17)26-13-16-8-5-11-25-16/h2-12H,13H2,1H3,(H,21,23)(H,22,24). The van der Waals surface area contributed by atoms with Crippen LogP contribution in [0.15, 0.2) is 70.9 Å². The molecule has 2 aromatic carbocycles. The molecule has 0 saturated carbocycles. The summed E-state index contributed by atoms with van der Waals surface area (Å²) in [5.74, 6) is 0.454. The van der Waals surface area contributed by atoms with Crippen molar-refractivity contribution in [2.75, 3.05) is 12.4 Å². The summed E-state index contributed by atoms with van der Waals surface area (Å²) in [6.07, 6.45) is 0. The number of hydrogen-bond donors (Lipinski definition) is 2. The first-order valence-corrected chi connectivity index (χ1v) is 9.91. The predicted molar refractivity (Wildman–Crippen MR) is 108 cm³/mol. The number of nitrogens with one attached hydrogen (secondary N) is 2. The van der Waals surface area contributed by atoms with Crippen molar-refractivity contribution in [2.24, 2.45) is 0 Å². The number of carbonyl (C=O) groups is 2. The Hall–Kier alpha value is -2.57. The molecule has 132 valence electrons. The van der Waals surface area contributed by atoms with Gasteiger partial charge in [-0.1, -0.05) is 24.3 Å². The van der Waals surface area contributed by atoms with Gasteiger partial charge in [0.25, 0.3) is 11.8 Å². The Labute approximate surface area is 160 Å². The van der Waals surface area contributed by atoms with E-state index in [0.29, 0.717) is 16.8 Å². The minimum absolute atomic E-state index is 0.187. The molecule has 0 aliphatic heterocycles. The lowest BCUT2D eigenvalue weighted by Crippen LogP contribution is -2.18. The molecule has 4 nitrogen and oxygen atoms in total. The molecule has 1 heterocycles. The van der Waals surface area contributed by atoms with Gasteiger partial charge in [-0.3, -0.25) is 9.59 Å². The third-order valence-corrected chi connectivity index (χ3v) is 5.87. The fourth-order valence-corrected chi connectivity index (χ4v) is 4.23. The fourth-order valence-electron chi connectivity index (χ4n) is 2.40. The summed E-state index contributed by atoms with van der Waals surface area (Å²) in [5.41, 5.74) is 1.72. The quantitative estimate of drug-likeness (QED) is 0.610. The summed E-state index contributed by atoms with van der Waals surface area (Å²) in [6.45, 7) is 0. The van der Waals surface area contributed by atoms with E-state index in [0.717, 1.165) is 10.6 Å². The van der Waals surface area contributed by atoms with E-state index in [1.807, 2.05) is 35.7 Å². The molecule has 6 heteroatoms. The van der Waals surface area contributed by atoms with Crippen LogP contribution in [0.3, 0.4) is 0 Å². The lowest BCUT2D eigenvalue weighted by atomic mass is 10.1. The van der Waals surface area contributed by atoms with Crippen LogP contribution in [0.1, 0.15) is 25.6 Å². The average molecular weight is 383 g/mol. The van der Waals surface area contributed by atoms with E-state index in [-0.39, 0.29) is 11.8 Å². The third-order valence-electron chi connectivity index (χ3n) is 3.69. The SMILES string of the molecule is CNC(=O)c1cccc(NC(=O)c2ccccc2SCc2cccs2)c1. The van der Waals surface area contributed by atoms with E-state index >= 15 is 0 Å². The van der Waals surface area contributed by atoms with Gasteiger partial charge >= 0.3 is 0 Å². The normalized spacial score (nSPS) is 10.3. The Morgan fingerprint density at radius 1 is 1.00 bits per heavy atom. The Kier molecular flexibility index (Phi) is 6.09. The van der Waals surface area contributed by atoms with Gasteiger partial charge in [-0.2, -0.15) is 0 Å². The number of hydrogen-bond acceptors (Lipinski definition) is 4. The Bertz CT molecular complexity index is 908.